The molecule has 6 saturated heterocycles. The summed E-state index contributed by atoms with van der Waals surface area (Å²) in [6, 6.07) is 0. The Balaban J connectivity index is 1.16. The Kier molecular flexibility index (Phi) is 41.0. The Morgan fingerprint density at radius 3 is 0.558 bits per heavy atom. The minimum absolute atomic E-state index is 0.0745. The molecular weight excluding hydrogens is 1630 g/mol. The standard InChI is InChI=1S/C69H86N6O45/c1-2-69(39-103-36-42(106-21-24-112-60(91)30-66(97)118-73-51(82)9-10-52(73)83)33-100-15-18-109-57(88)27-63(94)115-70-45(76)3-4-46(70)77,40-104-37-43(107-22-25-113-61(92)31-67(98)119-74-53(84)11-12-54(74)85)34-101-16-19-110-58(89)28-64(95)116-71-47(78)5-6-48(71)79)41-105-38-44(108-23-26-114-62(93)32-68(99)120-75-55(86)13-14-56(75)87)35-102-17-20-111-59(90)29-65(96)117-72-49(80)7-8-50(72)81/h42-44H,2-41H2,1H3. The van der Waals surface area contributed by atoms with Crippen LogP contribution in [0.3, 0.4) is 0 Å². The van der Waals surface area contributed by atoms with Crippen LogP contribution >= 0.6 is 0 Å². The normalized spacial score (nSPS) is 16.7. The minimum Gasteiger partial charge on any atom is -0.463 e. The molecule has 6 aliphatic heterocycles. The molecule has 12 amide bonds. The van der Waals surface area contributed by atoms with E-state index in [-0.39, 0.29) is 134 Å². The number of hydrogen-bond acceptors (Lipinski definition) is 45. The smallest absolute Gasteiger partial charge is 0.344 e. The lowest BCUT2D eigenvalue weighted by atomic mass is 9.88. The molecular formula is C69H86N6O45. The third-order valence-corrected chi connectivity index (χ3v) is 16.3. The lowest BCUT2D eigenvalue weighted by molar-refractivity contribution is -0.198. The molecule has 0 aromatic carbocycles. The zero-order chi connectivity index (χ0) is 87.7. The Labute approximate surface area is 677 Å². The summed E-state index contributed by atoms with van der Waals surface area (Å²) in [6.07, 6.45) is -12.4. The highest BCUT2D eigenvalue weighted by atomic mass is 16.8. The van der Waals surface area contributed by atoms with Crippen LogP contribution in [0.15, 0.2) is 0 Å². The molecule has 0 spiro atoms. The van der Waals surface area contributed by atoms with Gasteiger partial charge in [0.25, 0.3) is 70.9 Å². The van der Waals surface area contributed by atoms with Gasteiger partial charge < -0.3 is 100 Å². The van der Waals surface area contributed by atoms with Crippen molar-refractivity contribution in [3.63, 3.8) is 0 Å². The Morgan fingerprint density at radius 1 is 0.233 bits per heavy atom. The van der Waals surface area contributed by atoms with Crippen LogP contribution in [0.1, 0.15) is 129 Å². The molecule has 0 N–H and O–H groups in total. The number of carbonyl (C=O) groups excluding carboxylic acids is 24. The third-order valence-electron chi connectivity index (χ3n) is 16.3. The first-order valence-electron chi connectivity index (χ1n) is 37.0. The van der Waals surface area contributed by atoms with Gasteiger partial charge in [-0.2, -0.15) is 0 Å². The van der Waals surface area contributed by atoms with Crippen molar-refractivity contribution >= 4 is 143 Å². The van der Waals surface area contributed by atoms with Gasteiger partial charge in [-0.05, 0) is 6.42 Å². The highest BCUT2D eigenvalue weighted by molar-refractivity contribution is 6.06. The monoisotopic (exact) mass is 1720 g/mol. The van der Waals surface area contributed by atoms with Crippen LogP contribution < -0.4 is 0 Å². The van der Waals surface area contributed by atoms with E-state index in [0.29, 0.717) is 0 Å². The molecule has 51 nitrogen and oxygen atoms in total. The Morgan fingerprint density at radius 2 is 0.392 bits per heavy atom. The summed E-state index contributed by atoms with van der Waals surface area (Å²) in [6.45, 7) is -7.67. The summed E-state index contributed by atoms with van der Waals surface area (Å²) in [5.41, 5.74) is -1.32. The van der Waals surface area contributed by atoms with Crippen molar-refractivity contribution in [1.82, 2.24) is 30.4 Å². The van der Waals surface area contributed by atoms with Crippen molar-refractivity contribution in [2.45, 2.75) is 147 Å². The van der Waals surface area contributed by atoms with Crippen molar-refractivity contribution in [3.05, 3.63) is 0 Å². The number of hydroxylamine groups is 12. The quantitative estimate of drug-likeness (QED) is 0.0181. The molecule has 0 radical (unpaired) electrons. The van der Waals surface area contributed by atoms with Crippen molar-refractivity contribution in [2.75, 3.05) is 139 Å². The van der Waals surface area contributed by atoms with Crippen LogP contribution in [-0.2, 0) is 215 Å². The molecule has 3 unspecified atom stereocenters. The van der Waals surface area contributed by atoms with E-state index in [2.05, 4.69) is 14.5 Å². The second-order valence-corrected chi connectivity index (χ2v) is 25.8. The van der Waals surface area contributed by atoms with Gasteiger partial charge in [0.05, 0.1) is 99.1 Å². The van der Waals surface area contributed by atoms with Gasteiger partial charge in [-0.15, -0.1) is 30.4 Å². The first kappa shape index (κ1) is 97.0. The van der Waals surface area contributed by atoms with Gasteiger partial charge in [0.2, 0.25) is 0 Å². The summed E-state index contributed by atoms with van der Waals surface area (Å²) in [5, 5.41) is 1.33. The fraction of sp³-hybridized carbons (Fsp3) is 0.652. The van der Waals surface area contributed by atoms with Gasteiger partial charge in [0, 0.05) is 82.5 Å². The molecule has 51 heteroatoms. The van der Waals surface area contributed by atoms with Crippen LogP contribution in [0.25, 0.3) is 0 Å². The number of carbonyl (C=O) groups is 24. The summed E-state index contributed by atoms with van der Waals surface area (Å²) in [4.78, 5) is 321. The molecule has 0 aromatic rings. The average Bonchev–Trinajstić information content (AvgIpc) is 1.74. The second kappa shape index (κ2) is 50.8. The number of hydrogen-bond donors (Lipinski definition) is 0. The first-order chi connectivity index (χ1) is 57.3. The van der Waals surface area contributed by atoms with Crippen molar-refractivity contribution in [1.29, 1.82) is 0 Å². The number of esters is 6. The minimum atomic E-state index is -1.32. The number of ether oxygens (including phenoxy) is 15. The lowest BCUT2D eigenvalue weighted by Crippen LogP contribution is -2.41. The lowest BCUT2D eigenvalue weighted by Gasteiger charge is -2.34. The fourth-order valence-electron chi connectivity index (χ4n) is 10.2. The van der Waals surface area contributed by atoms with Crippen molar-refractivity contribution < 1.29 is 215 Å². The van der Waals surface area contributed by atoms with E-state index in [4.69, 9.17) is 85.6 Å². The van der Waals surface area contributed by atoms with E-state index in [0.717, 1.165) is 0 Å². The van der Waals surface area contributed by atoms with Gasteiger partial charge in [-0.1, -0.05) is 6.92 Å². The maximum atomic E-state index is 12.7. The largest absolute Gasteiger partial charge is 0.463 e. The second-order valence-electron chi connectivity index (χ2n) is 25.8. The van der Waals surface area contributed by atoms with E-state index in [1.807, 2.05) is 0 Å². The molecule has 3 atom stereocenters. The Hall–Kier alpha value is -11.9. The summed E-state index contributed by atoms with van der Waals surface area (Å²) >= 11 is 0. The molecule has 0 bridgehead atoms. The van der Waals surface area contributed by atoms with Crippen LogP contribution in [0.4, 0.5) is 0 Å². The molecule has 120 heavy (non-hydrogen) atoms. The van der Waals surface area contributed by atoms with Gasteiger partial charge in [-0.3, -0.25) is 86.3 Å². The van der Waals surface area contributed by atoms with Gasteiger partial charge in [0.15, 0.2) is 0 Å². The zero-order valence-electron chi connectivity index (χ0n) is 64.6. The van der Waals surface area contributed by atoms with Crippen molar-refractivity contribution in [2.24, 2.45) is 5.41 Å². The van der Waals surface area contributed by atoms with E-state index < -0.39 is 324 Å². The average molecular weight is 1720 g/mol. The highest BCUT2D eigenvalue weighted by Crippen LogP contribution is 2.26. The summed E-state index contributed by atoms with van der Waals surface area (Å²) in [7, 11) is 0. The summed E-state index contributed by atoms with van der Waals surface area (Å²) in [5.74, 6) is -24.6. The van der Waals surface area contributed by atoms with E-state index in [1.165, 1.54) is 0 Å². The first-order valence-corrected chi connectivity index (χ1v) is 37.0. The Bertz CT molecular complexity index is 3330. The molecule has 6 fully saturated rings. The molecule has 6 aliphatic rings. The number of imide groups is 6. The molecule has 662 valence electrons. The predicted molar refractivity (Wildman–Crippen MR) is 363 cm³/mol. The number of nitrogens with zero attached hydrogens (tertiary/aromatic N) is 6. The molecule has 0 saturated carbocycles. The molecule has 6 rings (SSSR count). The van der Waals surface area contributed by atoms with Gasteiger partial charge >= 0.3 is 71.6 Å². The van der Waals surface area contributed by atoms with Crippen LogP contribution in [0, 0.1) is 5.41 Å². The molecule has 6 heterocycles. The number of rotatable bonds is 58. The maximum absolute atomic E-state index is 12.7. The van der Waals surface area contributed by atoms with Crippen LogP contribution in [-0.4, -0.2) is 330 Å². The fourth-order valence-corrected chi connectivity index (χ4v) is 10.2. The summed E-state index contributed by atoms with van der Waals surface area (Å²) < 4.78 is 84.1. The zero-order valence-corrected chi connectivity index (χ0v) is 64.6. The van der Waals surface area contributed by atoms with Crippen LogP contribution in [0.5, 0.6) is 0 Å². The topological polar surface area (TPSA) is 623 Å². The third kappa shape index (κ3) is 35.0. The van der Waals surface area contributed by atoms with E-state index in [9.17, 15) is 115 Å². The number of amides is 12. The van der Waals surface area contributed by atoms with E-state index in [1.54, 1.807) is 6.92 Å². The predicted octanol–water partition coefficient (Wildman–Crippen LogP) is -5.12. The van der Waals surface area contributed by atoms with Gasteiger partial charge in [0.1, 0.15) is 96.5 Å². The SMILES string of the molecule is CCC(COCC(COCCOC(=O)CC(=O)ON1C(=O)CCC1=O)OCCOC(=O)CC(=O)ON1C(=O)CCC1=O)(COCC(COCCOC(=O)CC(=O)ON1C(=O)CCC1=O)OCCOC(=O)CC(=O)ON1C(=O)CCC1=O)COCC(COCCOC(=O)CC(=O)ON1C(=O)CCC1=O)OCCOC(=O)CC(=O)ON1C(=O)CCC1=O. The van der Waals surface area contributed by atoms with Crippen LogP contribution in [0.2, 0.25) is 0 Å². The van der Waals surface area contributed by atoms with Crippen molar-refractivity contribution in [3.8, 4) is 0 Å². The highest BCUT2D eigenvalue weighted by Gasteiger charge is 2.40. The maximum Gasteiger partial charge on any atom is 0.344 e. The molecule has 0 aliphatic carbocycles. The van der Waals surface area contributed by atoms with E-state index >= 15 is 0 Å². The van der Waals surface area contributed by atoms with Gasteiger partial charge in [-0.25, -0.2) is 28.8 Å². The molecule has 0 aromatic heterocycles.